The maximum Gasteiger partial charge on any atom is 0.203 e. The highest BCUT2D eigenvalue weighted by Crippen LogP contribution is 2.29. The van der Waals surface area contributed by atoms with E-state index in [-0.39, 0.29) is 0 Å². The first-order valence-corrected chi connectivity index (χ1v) is 8.57. The minimum atomic E-state index is -0.691. The predicted molar refractivity (Wildman–Crippen MR) is 76.4 cm³/mol. The number of aromatic nitrogens is 2. The summed E-state index contributed by atoms with van der Waals surface area (Å²) in [4.78, 5) is 4.38. The average Bonchev–Trinajstić information content (AvgIpc) is 2.84. The van der Waals surface area contributed by atoms with Crippen molar-refractivity contribution in [3.05, 3.63) is 12.4 Å². The normalized spacial score (nSPS) is 18.7. The molecule has 18 heavy (non-hydrogen) atoms. The molecule has 1 aliphatic carbocycles. The maximum atomic E-state index is 11.0. The van der Waals surface area contributed by atoms with Crippen LogP contribution in [0.3, 0.4) is 0 Å². The van der Waals surface area contributed by atoms with E-state index in [0.717, 1.165) is 24.7 Å². The molecule has 2 rings (SSSR count). The highest BCUT2D eigenvalue weighted by molar-refractivity contribution is 7.84. The summed E-state index contributed by atoms with van der Waals surface area (Å²) in [5, 5.41) is 3.36. The number of imidazole rings is 1. The Morgan fingerprint density at radius 2 is 2.22 bits per heavy atom. The SMILES string of the molecule is CS(=O)CCCNc1nccn1C1CCCCC1. The van der Waals surface area contributed by atoms with Gasteiger partial charge in [-0.3, -0.25) is 4.21 Å². The van der Waals surface area contributed by atoms with Gasteiger partial charge in [-0.2, -0.15) is 0 Å². The topological polar surface area (TPSA) is 46.9 Å². The molecule has 0 radical (unpaired) electrons. The van der Waals surface area contributed by atoms with Crippen LogP contribution < -0.4 is 5.32 Å². The second-order valence-electron chi connectivity index (χ2n) is 5.01. The molecule has 1 saturated carbocycles. The molecular formula is C13H23N3OS. The van der Waals surface area contributed by atoms with E-state index in [1.807, 2.05) is 6.20 Å². The minimum Gasteiger partial charge on any atom is -0.356 e. The Morgan fingerprint density at radius 3 is 2.94 bits per heavy atom. The second kappa shape index (κ2) is 6.92. The summed E-state index contributed by atoms with van der Waals surface area (Å²) in [6, 6.07) is 0.615. The van der Waals surface area contributed by atoms with Crippen molar-refractivity contribution in [2.24, 2.45) is 0 Å². The molecule has 1 N–H and O–H groups in total. The first kappa shape index (κ1) is 13.6. The number of rotatable bonds is 6. The maximum absolute atomic E-state index is 11.0. The monoisotopic (exact) mass is 269 g/mol. The number of anilines is 1. The third kappa shape index (κ3) is 3.83. The fourth-order valence-electron chi connectivity index (χ4n) is 2.58. The third-order valence-corrected chi connectivity index (χ3v) is 4.39. The second-order valence-corrected chi connectivity index (χ2v) is 6.56. The Morgan fingerprint density at radius 1 is 1.44 bits per heavy atom. The lowest BCUT2D eigenvalue weighted by Gasteiger charge is -2.24. The van der Waals surface area contributed by atoms with Gasteiger partial charge in [0.05, 0.1) is 0 Å². The number of hydrogen-bond donors (Lipinski definition) is 1. The van der Waals surface area contributed by atoms with Gasteiger partial charge in [-0.05, 0) is 19.3 Å². The van der Waals surface area contributed by atoms with Crippen molar-refractivity contribution in [1.29, 1.82) is 0 Å². The molecule has 0 aromatic carbocycles. The highest BCUT2D eigenvalue weighted by atomic mass is 32.2. The van der Waals surface area contributed by atoms with Crippen LogP contribution in [0.4, 0.5) is 5.95 Å². The van der Waals surface area contributed by atoms with Crippen LogP contribution in [0.2, 0.25) is 0 Å². The molecule has 1 fully saturated rings. The van der Waals surface area contributed by atoms with E-state index in [9.17, 15) is 4.21 Å². The Labute approximate surface area is 112 Å². The van der Waals surface area contributed by atoms with E-state index >= 15 is 0 Å². The quantitative estimate of drug-likeness (QED) is 0.807. The van der Waals surface area contributed by atoms with E-state index in [1.54, 1.807) is 6.26 Å². The van der Waals surface area contributed by atoms with Crippen molar-refractivity contribution in [3.63, 3.8) is 0 Å². The van der Waals surface area contributed by atoms with Crippen LogP contribution in [0.5, 0.6) is 0 Å². The molecule has 0 bridgehead atoms. The third-order valence-electron chi connectivity index (χ3n) is 3.53. The van der Waals surface area contributed by atoms with Gasteiger partial charge >= 0.3 is 0 Å². The lowest BCUT2D eigenvalue weighted by atomic mass is 9.95. The van der Waals surface area contributed by atoms with Gasteiger partial charge in [0.2, 0.25) is 5.95 Å². The zero-order valence-electron chi connectivity index (χ0n) is 11.1. The molecule has 1 unspecified atom stereocenters. The largest absolute Gasteiger partial charge is 0.356 e. The van der Waals surface area contributed by atoms with E-state index in [4.69, 9.17) is 0 Å². The average molecular weight is 269 g/mol. The highest BCUT2D eigenvalue weighted by Gasteiger charge is 2.17. The van der Waals surface area contributed by atoms with Gasteiger partial charge in [-0.25, -0.2) is 4.98 Å². The molecule has 4 nitrogen and oxygen atoms in total. The standard InChI is InChI=1S/C13H23N3OS/c1-18(17)11-5-8-14-13-15-9-10-16(13)12-6-3-2-4-7-12/h9-10,12H,2-8,11H2,1H3,(H,14,15). The smallest absolute Gasteiger partial charge is 0.203 e. The molecule has 0 saturated heterocycles. The fourth-order valence-corrected chi connectivity index (χ4v) is 3.13. The molecule has 1 aromatic heterocycles. The van der Waals surface area contributed by atoms with Gasteiger partial charge < -0.3 is 9.88 Å². The van der Waals surface area contributed by atoms with Crippen LogP contribution in [0, 0.1) is 0 Å². The van der Waals surface area contributed by atoms with Gasteiger partial charge in [0.1, 0.15) is 0 Å². The Bertz CT molecular complexity index is 385. The van der Waals surface area contributed by atoms with E-state index in [1.165, 1.54) is 32.1 Å². The van der Waals surface area contributed by atoms with Crippen molar-refractivity contribution >= 4 is 16.7 Å². The van der Waals surface area contributed by atoms with Gasteiger partial charge in [0, 0.05) is 47.8 Å². The van der Waals surface area contributed by atoms with Crippen LogP contribution >= 0.6 is 0 Å². The van der Waals surface area contributed by atoms with Gasteiger partial charge in [0.25, 0.3) is 0 Å². The zero-order chi connectivity index (χ0) is 12.8. The van der Waals surface area contributed by atoms with Crippen LogP contribution in [-0.2, 0) is 10.8 Å². The summed E-state index contributed by atoms with van der Waals surface area (Å²) < 4.78 is 13.3. The molecule has 1 heterocycles. The molecule has 0 spiro atoms. The van der Waals surface area contributed by atoms with Crippen molar-refractivity contribution in [3.8, 4) is 0 Å². The van der Waals surface area contributed by atoms with Crippen molar-refractivity contribution in [1.82, 2.24) is 9.55 Å². The Balaban J connectivity index is 1.85. The molecule has 1 aromatic rings. The number of hydrogen-bond acceptors (Lipinski definition) is 3. The molecule has 1 aliphatic rings. The summed E-state index contributed by atoms with van der Waals surface area (Å²) >= 11 is 0. The minimum absolute atomic E-state index is 0.615. The molecule has 1 atom stereocenters. The Hall–Kier alpha value is -0.840. The van der Waals surface area contributed by atoms with E-state index in [0.29, 0.717) is 6.04 Å². The summed E-state index contributed by atoms with van der Waals surface area (Å²) in [7, 11) is -0.691. The van der Waals surface area contributed by atoms with E-state index in [2.05, 4.69) is 21.1 Å². The zero-order valence-corrected chi connectivity index (χ0v) is 11.9. The Kier molecular flexibility index (Phi) is 5.23. The van der Waals surface area contributed by atoms with Crippen molar-refractivity contribution in [2.45, 2.75) is 44.6 Å². The van der Waals surface area contributed by atoms with Crippen LogP contribution in [0.15, 0.2) is 12.4 Å². The predicted octanol–water partition coefficient (Wildman–Crippen LogP) is 2.57. The van der Waals surface area contributed by atoms with Gasteiger partial charge in [-0.15, -0.1) is 0 Å². The summed E-state index contributed by atoms with van der Waals surface area (Å²) in [5.74, 6) is 1.74. The fraction of sp³-hybridized carbons (Fsp3) is 0.769. The van der Waals surface area contributed by atoms with Crippen molar-refractivity contribution < 1.29 is 4.21 Å². The first-order valence-electron chi connectivity index (χ1n) is 6.84. The molecule has 102 valence electrons. The van der Waals surface area contributed by atoms with Crippen LogP contribution in [0.1, 0.15) is 44.6 Å². The molecule has 0 aliphatic heterocycles. The summed E-state index contributed by atoms with van der Waals surface area (Å²) in [6.07, 6.45) is 13.2. The van der Waals surface area contributed by atoms with Gasteiger partial charge in [-0.1, -0.05) is 19.3 Å². The van der Waals surface area contributed by atoms with Crippen LogP contribution in [-0.4, -0.2) is 32.3 Å². The lowest BCUT2D eigenvalue weighted by molar-refractivity contribution is 0.356. The van der Waals surface area contributed by atoms with Crippen LogP contribution in [0.25, 0.3) is 0 Å². The number of nitrogens with one attached hydrogen (secondary N) is 1. The van der Waals surface area contributed by atoms with E-state index < -0.39 is 10.8 Å². The lowest BCUT2D eigenvalue weighted by Crippen LogP contribution is -2.16. The molecular weight excluding hydrogens is 246 g/mol. The van der Waals surface area contributed by atoms with Crippen molar-refractivity contribution in [2.75, 3.05) is 23.9 Å². The van der Waals surface area contributed by atoms with Gasteiger partial charge in [0.15, 0.2) is 0 Å². The first-order chi connectivity index (χ1) is 8.77. The molecule has 5 heteroatoms. The summed E-state index contributed by atoms with van der Waals surface area (Å²) in [6.45, 7) is 0.851. The summed E-state index contributed by atoms with van der Waals surface area (Å²) in [5.41, 5.74) is 0. The molecule has 0 amide bonds. The number of nitrogens with zero attached hydrogens (tertiary/aromatic N) is 2.